The first-order chi connectivity index (χ1) is 11.4. The van der Waals surface area contributed by atoms with Crippen molar-refractivity contribution in [2.45, 2.75) is 33.9 Å². The van der Waals surface area contributed by atoms with Crippen molar-refractivity contribution in [3.8, 4) is 12.1 Å². The molecule has 120 valence electrons. The van der Waals surface area contributed by atoms with E-state index in [4.69, 9.17) is 0 Å². The molecule has 0 bridgehead atoms. The maximum absolute atomic E-state index is 9.59. The molecule has 2 aromatic rings. The molecule has 1 aliphatic heterocycles. The molecule has 0 radical (unpaired) electrons. The smallest absolute Gasteiger partial charge is 0.103 e. The number of anilines is 3. The highest BCUT2D eigenvalue weighted by atomic mass is 15.4. The average Bonchev–Trinajstić information content (AvgIpc) is 2.85. The summed E-state index contributed by atoms with van der Waals surface area (Å²) in [6.07, 6.45) is 0.0300. The summed E-state index contributed by atoms with van der Waals surface area (Å²) in [6, 6.07) is 12.2. The quantitative estimate of drug-likeness (QED) is 0.787. The van der Waals surface area contributed by atoms with E-state index in [-0.39, 0.29) is 6.17 Å². The lowest BCUT2D eigenvalue weighted by atomic mass is 10.0. The van der Waals surface area contributed by atoms with Gasteiger partial charge < -0.3 is 9.80 Å². The van der Waals surface area contributed by atoms with Crippen molar-refractivity contribution >= 4 is 17.1 Å². The van der Waals surface area contributed by atoms with Crippen LogP contribution in [0.2, 0.25) is 0 Å². The van der Waals surface area contributed by atoms with Crippen LogP contribution in [-0.2, 0) is 0 Å². The maximum atomic E-state index is 9.59. The Kier molecular flexibility index (Phi) is 3.70. The number of fused-ring (bicyclic) bond motifs is 1. The van der Waals surface area contributed by atoms with Crippen LogP contribution in [0.3, 0.4) is 0 Å². The second-order valence-electron chi connectivity index (χ2n) is 6.35. The van der Waals surface area contributed by atoms with Gasteiger partial charge in [0, 0.05) is 12.7 Å². The third kappa shape index (κ3) is 2.04. The molecule has 0 aromatic heterocycles. The molecule has 0 saturated carbocycles. The van der Waals surface area contributed by atoms with Crippen LogP contribution in [0.15, 0.2) is 24.3 Å². The van der Waals surface area contributed by atoms with Crippen molar-refractivity contribution < 1.29 is 0 Å². The van der Waals surface area contributed by atoms with Gasteiger partial charge in [-0.05, 0) is 62.6 Å². The van der Waals surface area contributed by atoms with E-state index in [0.29, 0.717) is 11.1 Å². The Morgan fingerprint density at radius 3 is 2.04 bits per heavy atom. The number of aryl methyl sites for hydroxylation is 1. The normalized spacial score (nSPS) is 15.9. The Balaban J connectivity index is 2.34. The number of benzene rings is 2. The second-order valence-corrected chi connectivity index (χ2v) is 6.35. The molecule has 1 aliphatic rings. The minimum Gasteiger partial charge on any atom is -0.351 e. The molecule has 0 N–H and O–H groups in total. The minimum atomic E-state index is 0.0300. The van der Waals surface area contributed by atoms with Gasteiger partial charge in [0.25, 0.3) is 0 Å². The van der Waals surface area contributed by atoms with Gasteiger partial charge in [0.2, 0.25) is 0 Å². The maximum Gasteiger partial charge on any atom is 0.103 e. The molecule has 0 amide bonds. The average molecular weight is 316 g/mol. The van der Waals surface area contributed by atoms with Crippen molar-refractivity contribution in [2.75, 3.05) is 16.8 Å². The molecule has 1 heterocycles. The fourth-order valence-corrected chi connectivity index (χ4v) is 3.43. The lowest BCUT2D eigenvalue weighted by Crippen LogP contribution is -2.36. The summed E-state index contributed by atoms with van der Waals surface area (Å²) in [7, 11) is 1.97. The Hall–Kier alpha value is -2.98. The van der Waals surface area contributed by atoms with Gasteiger partial charge in [0.15, 0.2) is 0 Å². The van der Waals surface area contributed by atoms with Crippen LogP contribution in [0.4, 0.5) is 17.1 Å². The van der Waals surface area contributed by atoms with E-state index in [9.17, 15) is 10.5 Å². The first-order valence-corrected chi connectivity index (χ1v) is 7.98. The van der Waals surface area contributed by atoms with Crippen LogP contribution >= 0.6 is 0 Å². The van der Waals surface area contributed by atoms with Crippen molar-refractivity contribution in [1.29, 1.82) is 10.5 Å². The zero-order chi connectivity index (χ0) is 17.6. The Morgan fingerprint density at radius 2 is 1.46 bits per heavy atom. The lowest BCUT2D eigenvalue weighted by molar-refractivity contribution is 0.731. The highest BCUT2D eigenvalue weighted by Crippen LogP contribution is 2.48. The van der Waals surface area contributed by atoms with Crippen molar-refractivity contribution in [3.63, 3.8) is 0 Å². The van der Waals surface area contributed by atoms with E-state index in [2.05, 4.69) is 61.8 Å². The van der Waals surface area contributed by atoms with Crippen molar-refractivity contribution in [2.24, 2.45) is 0 Å². The molecular weight excluding hydrogens is 296 g/mol. The first kappa shape index (κ1) is 15.9. The number of hydrogen-bond donors (Lipinski definition) is 0. The highest BCUT2D eigenvalue weighted by molar-refractivity contribution is 5.91. The van der Waals surface area contributed by atoms with Crippen molar-refractivity contribution in [1.82, 2.24) is 0 Å². The van der Waals surface area contributed by atoms with Gasteiger partial charge in [0.05, 0.1) is 22.5 Å². The van der Waals surface area contributed by atoms with E-state index in [0.717, 1.165) is 17.1 Å². The molecule has 0 saturated heterocycles. The Labute approximate surface area is 143 Å². The SMILES string of the molecule is Cc1ccc(N2c3c(C#N)ccc(C#N)c3N(C)[C@@H]2C)c(C)c1C. The van der Waals surface area contributed by atoms with Crippen molar-refractivity contribution in [3.05, 3.63) is 52.1 Å². The van der Waals surface area contributed by atoms with Crippen LogP contribution < -0.4 is 9.80 Å². The zero-order valence-electron chi connectivity index (χ0n) is 14.7. The van der Waals surface area contributed by atoms with Crippen LogP contribution in [0.1, 0.15) is 34.7 Å². The number of nitriles is 2. The van der Waals surface area contributed by atoms with Crippen LogP contribution in [0.25, 0.3) is 0 Å². The third-order valence-electron chi connectivity index (χ3n) is 5.21. The Morgan fingerprint density at radius 1 is 0.875 bits per heavy atom. The summed E-state index contributed by atoms with van der Waals surface area (Å²) in [5, 5.41) is 19.1. The van der Waals surface area contributed by atoms with Gasteiger partial charge in [-0.2, -0.15) is 10.5 Å². The van der Waals surface area contributed by atoms with Crippen LogP contribution in [0.5, 0.6) is 0 Å². The Bertz CT molecular complexity index is 915. The summed E-state index contributed by atoms with van der Waals surface area (Å²) >= 11 is 0. The molecule has 0 fully saturated rings. The van der Waals surface area contributed by atoms with Gasteiger partial charge in [0.1, 0.15) is 18.3 Å². The summed E-state index contributed by atoms with van der Waals surface area (Å²) < 4.78 is 0. The third-order valence-corrected chi connectivity index (χ3v) is 5.21. The number of hydrogen-bond acceptors (Lipinski definition) is 4. The molecule has 3 rings (SSSR count). The number of nitrogens with zero attached hydrogens (tertiary/aromatic N) is 4. The predicted octanol–water partition coefficient (Wildman–Crippen LogP) is 4.29. The molecule has 1 atom stereocenters. The first-order valence-electron chi connectivity index (χ1n) is 7.98. The molecule has 4 heteroatoms. The summed E-state index contributed by atoms with van der Waals surface area (Å²) in [5.41, 5.74) is 7.66. The van der Waals surface area contributed by atoms with Gasteiger partial charge in [-0.3, -0.25) is 0 Å². The second kappa shape index (κ2) is 5.58. The van der Waals surface area contributed by atoms with E-state index < -0.39 is 0 Å². The van der Waals surface area contributed by atoms with E-state index in [1.54, 1.807) is 12.1 Å². The number of rotatable bonds is 1. The van der Waals surface area contributed by atoms with E-state index in [1.165, 1.54) is 16.7 Å². The van der Waals surface area contributed by atoms with Crippen LogP contribution in [-0.4, -0.2) is 13.2 Å². The lowest BCUT2D eigenvalue weighted by Gasteiger charge is -2.30. The summed E-state index contributed by atoms with van der Waals surface area (Å²) in [5.74, 6) is 0. The molecule has 24 heavy (non-hydrogen) atoms. The predicted molar refractivity (Wildman–Crippen MR) is 96.5 cm³/mol. The minimum absolute atomic E-state index is 0.0300. The van der Waals surface area contributed by atoms with Gasteiger partial charge >= 0.3 is 0 Å². The highest BCUT2D eigenvalue weighted by Gasteiger charge is 2.36. The molecule has 4 nitrogen and oxygen atoms in total. The molecule has 0 unspecified atom stereocenters. The summed E-state index contributed by atoms with van der Waals surface area (Å²) in [6.45, 7) is 8.43. The van der Waals surface area contributed by atoms with E-state index >= 15 is 0 Å². The van der Waals surface area contributed by atoms with E-state index in [1.807, 2.05) is 7.05 Å². The van der Waals surface area contributed by atoms with Gasteiger partial charge in [-0.25, -0.2) is 0 Å². The zero-order valence-corrected chi connectivity index (χ0v) is 14.7. The summed E-state index contributed by atoms with van der Waals surface area (Å²) in [4.78, 5) is 4.25. The van der Waals surface area contributed by atoms with Gasteiger partial charge in [-0.1, -0.05) is 6.07 Å². The monoisotopic (exact) mass is 316 g/mol. The van der Waals surface area contributed by atoms with Gasteiger partial charge in [-0.15, -0.1) is 0 Å². The molecular formula is C20H20N4. The molecule has 0 spiro atoms. The van der Waals surface area contributed by atoms with Crippen LogP contribution in [0, 0.1) is 43.4 Å². The largest absolute Gasteiger partial charge is 0.351 e. The fourth-order valence-electron chi connectivity index (χ4n) is 3.43. The standard InChI is InChI=1S/C20H20N4/c1-12-6-9-18(14(3)13(12)2)24-15(4)23(5)19-16(10-21)7-8-17(11-22)20(19)24/h6-9,15H,1-5H3/t15-/m0/s1. The molecule has 2 aromatic carbocycles. The topological polar surface area (TPSA) is 54.1 Å². The fraction of sp³-hybridized carbons (Fsp3) is 0.300. The molecule has 0 aliphatic carbocycles.